The van der Waals surface area contributed by atoms with Gasteiger partial charge in [-0.15, -0.1) is 0 Å². The number of amides is 1. The van der Waals surface area contributed by atoms with Crippen molar-refractivity contribution >= 4 is 21.8 Å². The van der Waals surface area contributed by atoms with Crippen LogP contribution < -0.4 is 15.6 Å². The fraction of sp³-hybridized carbons (Fsp3) is 0.250. The van der Waals surface area contributed by atoms with Crippen LogP contribution in [-0.4, -0.2) is 23.6 Å². The predicted octanol–water partition coefficient (Wildman–Crippen LogP) is 2.57. The van der Waals surface area contributed by atoms with Crippen molar-refractivity contribution in [3.8, 4) is 5.75 Å². The zero-order chi connectivity index (χ0) is 17.5. The van der Waals surface area contributed by atoms with Crippen molar-refractivity contribution in [1.29, 1.82) is 0 Å². The first-order chi connectivity index (χ1) is 11.4. The Balaban J connectivity index is 1.80. The summed E-state index contributed by atoms with van der Waals surface area (Å²) >= 11 is 3.24. The first-order valence-corrected chi connectivity index (χ1v) is 7.90. The highest BCUT2D eigenvalue weighted by molar-refractivity contribution is 9.10. The summed E-state index contributed by atoms with van der Waals surface area (Å²) in [5.74, 6) is -0.195. The number of pyridine rings is 1. The van der Waals surface area contributed by atoms with Crippen LogP contribution in [0, 0.1) is 0 Å². The summed E-state index contributed by atoms with van der Waals surface area (Å²) in [4.78, 5) is 23.5. The first kappa shape index (κ1) is 18.1. The van der Waals surface area contributed by atoms with Gasteiger partial charge in [-0.2, -0.15) is 8.78 Å². The lowest BCUT2D eigenvalue weighted by Gasteiger charge is -2.08. The molecule has 0 bridgehead atoms. The Morgan fingerprint density at radius 3 is 2.58 bits per heavy atom. The second-order valence-corrected chi connectivity index (χ2v) is 5.85. The van der Waals surface area contributed by atoms with E-state index in [1.165, 1.54) is 22.8 Å². The Labute approximate surface area is 145 Å². The molecule has 0 saturated heterocycles. The van der Waals surface area contributed by atoms with Gasteiger partial charge in [-0.25, -0.2) is 0 Å². The van der Waals surface area contributed by atoms with Crippen LogP contribution in [0.15, 0.2) is 51.9 Å². The van der Waals surface area contributed by atoms with Gasteiger partial charge in [0.15, 0.2) is 0 Å². The molecule has 0 aliphatic heterocycles. The number of benzene rings is 1. The fourth-order valence-electron chi connectivity index (χ4n) is 2.02. The number of alkyl halides is 2. The van der Waals surface area contributed by atoms with E-state index in [0.29, 0.717) is 17.4 Å². The van der Waals surface area contributed by atoms with Gasteiger partial charge >= 0.3 is 6.61 Å². The molecule has 1 aromatic heterocycles. The van der Waals surface area contributed by atoms with Gasteiger partial charge in [0.2, 0.25) is 5.91 Å². The van der Waals surface area contributed by atoms with Gasteiger partial charge in [-0.1, -0.05) is 12.1 Å². The number of carbonyl (C=O) groups is 1. The van der Waals surface area contributed by atoms with Crippen LogP contribution in [0.4, 0.5) is 8.78 Å². The largest absolute Gasteiger partial charge is 0.435 e. The Morgan fingerprint density at radius 1 is 1.21 bits per heavy atom. The molecule has 0 aliphatic carbocycles. The third kappa shape index (κ3) is 5.77. The molecule has 1 heterocycles. The van der Waals surface area contributed by atoms with Crippen molar-refractivity contribution in [2.24, 2.45) is 0 Å². The highest BCUT2D eigenvalue weighted by Crippen LogP contribution is 2.14. The van der Waals surface area contributed by atoms with Crippen molar-refractivity contribution in [2.75, 3.05) is 6.54 Å². The maximum atomic E-state index is 12.0. The number of rotatable bonds is 7. The molecule has 0 fully saturated rings. The third-order valence-corrected chi connectivity index (χ3v) is 3.61. The number of nitrogens with zero attached hydrogens (tertiary/aromatic N) is 1. The lowest BCUT2D eigenvalue weighted by Crippen LogP contribution is -2.33. The number of hydrogen-bond donors (Lipinski definition) is 1. The predicted molar refractivity (Wildman–Crippen MR) is 88.2 cm³/mol. The van der Waals surface area contributed by atoms with Crippen molar-refractivity contribution in [2.45, 2.75) is 19.6 Å². The van der Waals surface area contributed by atoms with Crippen molar-refractivity contribution < 1.29 is 18.3 Å². The molecule has 0 saturated carbocycles. The second kappa shape index (κ2) is 8.58. The minimum absolute atomic E-state index is 0.0700. The SMILES string of the molecule is O=C(Cn1cc(Br)ccc1=O)NCCc1ccc(OC(F)F)cc1. The maximum Gasteiger partial charge on any atom is 0.387 e. The molecule has 5 nitrogen and oxygen atoms in total. The van der Waals surface area contributed by atoms with Gasteiger partial charge in [-0.3, -0.25) is 9.59 Å². The fourth-order valence-corrected chi connectivity index (χ4v) is 2.40. The number of aromatic nitrogens is 1. The van der Waals surface area contributed by atoms with E-state index in [1.807, 2.05) is 0 Å². The molecular weight excluding hydrogens is 386 g/mol. The summed E-state index contributed by atoms with van der Waals surface area (Å²) in [6.07, 6.45) is 2.08. The summed E-state index contributed by atoms with van der Waals surface area (Å²) in [5, 5.41) is 2.71. The number of nitrogens with one attached hydrogen (secondary N) is 1. The Bertz CT molecular complexity index is 748. The molecule has 1 aromatic carbocycles. The average Bonchev–Trinajstić information content (AvgIpc) is 2.52. The van der Waals surface area contributed by atoms with E-state index >= 15 is 0 Å². The lowest BCUT2D eigenvalue weighted by molar-refractivity contribution is -0.121. The molecule has 1 N–H and O–H groups in total. The van der Waals surface area contributed by atoms with Crippen molar-refractivity contribution in [3.63, 3.8) is 0 Å². The highest BCUT2D eigenvalue weighted by Gasteiger charge is 2.06. The second-order valence-electron chi connectivity index (χ2n) is 4.94. The van der Waals surface area contributed by atoms with Crippen molar-refractivity contribution in [1.82, 2.24) is 9.88 Å². The summed E-state index contributed by atoms with van der Waals surface area (Å²) in [5.41, 5.74) is 0.611. The van der Waals surface area contributed by atoms with E-state index < -0.39 is 6.61 Å². The lowest BCUT2D eigenvalue weighted by atomic mass is 10.1. The number of hydrogen-bond acceptors (Lipinski definition) is 3. The minimum atomic E-state index is -2.85. The van der Waals surface area contributed by atoms with Gasteiger partial charge in [0.05, 0.1) is 0 Å². The number of carbonyl (C=O) groups excluding carboxylic acids is 1. The van der Waals surface area contributed by atoms with Crippen LogP contribution in [-0.2, 0) is 17.8 Å². The zero-order valence-electron chi connectivity index (χ0n) is 12.5. The zero-order valence-corrected chi connectivity index (χ0v) is 14.1. The van der Waals surface area contributed by atoms with E-state index in [-0.39, 0.29) is 23.8 Å². The topological polar surface area (TPSA) is 60.3 Å². The smallest absolute Gasteiger partial charge is 0.387 e. The van der Waals surface area contributed by atoms with Crippen LogP contribution in [0.5, 0.6) is 5.75 Å². The monoisotopic (exact) mass is 400 g/mol. The molecule has 128 valence electrons. The molecule has 8 heteroatoms. The molecule has 0 aliphatic rings. The Morgan fingerprint density at radius 2 is 1.92 bits per heavy atom. The normalized spacial score (nSPS) is 10.7. The summed E-state index contributed by atoms with van der Waals surface area (Å²) in [7, 11) is 0. The van der Waals surface area contributed by atoms with Crippen LogP contribution in [0.1, 0.15) is 5.56 Å². The van der Waals surface area contributed by atoms with Gasteiger partial charge in [-0.05, 0) is 46.1 Å². The molecule has 0 unspecified atom stereocenters. The van der Waals surface area contributed by atoms with E-state index in [0.717, 1.165) is 5.56 Å². The number of ether oxygens (including phenoxy) is 1. The molecule has 24 heavy (non-hydrogen) atoms. The van der Waals surface area contributed by atoms with E-state index in [1.54, 1.807) is 24.4 Å². The molecule has 0 radical (unpaired) electrons. The van der Waals surface area contributed by atoms with Gasteiger partial charge < -0.3 is 14.6 Å². The molecule has 2 aromatic rings. The third-order valence-electron chi connectivity index (χ3n) is 3.15. The minimum Gasteiger partial charge on any atom is -0.435 e. The van der Waals surface area contributed by atoms with E-state index in [9.17, 15) is 18.4 Å². The summed E-state index contributed by atoms with van der Waals surface area (Å²) < 4.78 is 30.4. The summed E-state index contributed by atoms with van der Waals surface area (Å²) in [6.45, 7) is -2.55. The average molecular weight is 401 g/mol. The Hall–Kier alpha value is -2.22. The molecule has 0 spiro atoms. The summed E-state index contributed by atoms with van der Waals surface area (Å²) in [6, 6.07) is 9.19. The first-order valence-electron chi connectivity index (χ1n) is 7.10. The van der Waals surface area contributed by atoms with Crippen LogP contribution in [0.2, 0.25) is 0 Å². The molecule has 0 atom stereocenters. The van der Waals surface area contributed by atoms with Crippen molar-refractivity contribution in [3.05, 3.63) is 63.0 Å². The van der Waals surface area contributed by atoms with Crippen LogP contribution in [0.3, 0.4) is 0 Å². The van der Waals surface area contributed by atoms with E-state index in [4.69, 9.17) is 0 Å². The van der Waals surface area contributed by atoms with Crippen LogP contribution >= 0.6 is 15.9 Å². The number of halogens is 3. The van der Waals surface area contributed by atoms with E-state index in [2.05, 4.69) is 26.0 Å². The maximum absolute atomic E-state index is 12.0. The standard InChI is InChI=1S/C16H15BrF2N2O3/c17-12-3-6-15(23)21(9-12)10-14(22)20-8-7-11-1-4-13(5-2-11)24-16(18)19/h1-6,9,16H,7-8,10H2,(H,20,22). The van der Waals surface area contributed by atoms with Crippen LogP contribution in [0.25, 0.3) is 0 Å². The molecular formula is C16H15BrF2N2O3. The molecule has 1 amide bonds. The quantitative estimate of drug-likeness (QED) is 0.776. The molecule has 2 rings (SSSR count). The van der Waals surface area contributed by atoms with Gasteiger partial charge in [0, 0.05) is 23.3 Å². The Kier molecular flexibility index (Phi) is 6.48. The highest BCUT2D eigenvalue weighted by atomic mass is 79.9. The van der Waals surface area contributed by atoms with Gasteiger partial charge in [0.25, 0.3) is 5.56 Å². The van der Waals surface area contributed by atoms with Gasteiger partial charge in [0.1, 0.15) is 12.3 Å².